The first-order valence-electron chi connectivity index (χ1n) is 17.7. The minimum absolute atomic E-state index is 0.102. The van der Waals surface area contributed by atoms with Gasteiger partial charge in [-0.05, 0) is 101 Å². The summed E-state index contributed by atoms with van der Waals surface area (Å²) in [6.07, 6.45) is 14.3. The molecule has 6 nitrogen and oxygen atoms in total. The van der Waals surface area contributed by atoms with Crippen LogP contribution in [0.3, 0.4) is 0 Å². The normalized spacial score (nSPS) is 12.5. The number of carbonyl (C=O) groups excluding carboxylic acids is 2. The number of allylic oxidation sites excluding steroid dienone is 4. The molecule has 1 aliphatic rings. The van der Waals surface area contributed by atoms with E-state index in [2.05, 4.69) is 53.2 Å². The third kappa shape index (κ3) is 30.4. The van der Waals surface area contributed by atoms with Crippen molar-refractivity contribution in [1.82, 2.24) is 0 Å². The van der Waals surface area contributed by atoms with Crippen LogP contribution in [0.5, 0.6) is 0 Å². The van der Waals surface area contributed by atoms with E-state index in [0.29, 0.717) is 23.3 Å². The van der Waals surface area contributed by atoms with Crippen molar-refractivity contribution >= 4 is 17.3 Å². The van der Waals surface area contributed by atoms with Crippen molar-refractivity contribution in [3.63, 3.8) is 0 Å². The van der Waals surface area contributed by atoms with Crippen LogP contribution in [-0.4, -0.2) is 32.1 Å². The molecule has 1 aliphatic carbocycles. The Morgan fingerprint density at radius 1 is 1.02 bits per heavy atom. The number of ether oxygens (including phenoxy) is 2. The average Bonchev–Trinajstić information content (AvgIpc) is 3.78. The van der Waals surface area contributed by atoms with Crippen LogP contribution in [-0.2, 0) is 14.3 Å². The van der Waals surface area contributed by atoms with Gasteiger partial charge in [-0.25, -0.2) is 9.92 Å². The van der Waals surface area contributed by atoms with Crippen molar-refractivity contribution in [3.05, 3.63) is 65.1 Å². The molecule has 0 unspecified atom stereocenters. The fourth-order valence-corrected chi connectivity index (χ4v) is 3.97. The van der Waals surface area contributed by atoms with Crippen LogP contribution >= 0.6 is 0 Å². The Hall–Kier alpha value is -2.93. The lowest BCUT2D eigenvalue weighted by Gasteiger charge is -2.09. The van der Waals surface area contributed by atoms with Crippen molar-refractivity contribution < 1.29 is 23.5 Å². The molecule has 1 fully saturated rings. The molecule has 2 rings (SSSR count). The molecule has 0 aromatic heterocycles. The molecule has 0 amide bonds. The van der Waals surface area contributed by atoms with E-state index < -0.39 is 5.82 Å². The highest BCUT2D eigenvalue weighted by Gasteiger charge is 2.38. The highest BCUT2D eigenvalue weighted by atomic mass is 19.1. The number of rotatable bonds is 13. The standard InChI is InChI=1S/C15H17FN2O.C8H18.C7H12O2.C6H14O.C3H6.C2H6/c1-5-12(18-17)6-9(2)13-8-15(16)14(11(4)19)7-10(13)3;1-4-6-8(3)7-5-2;1-6(8)9-5-7(2)3-4-7;1-6(2)4-5-7-3;1-3-2;1-2/h5-8,17H,1-4H3;8H,4-7H2,1-3H3;3-5H2,1-2H3;6H,4-5H2,1-3H3;3H,1H2,2H3;1-2H3/b9-6+,12-5-,18-17?;;;;;. The number of carbonyl (C=O) groups is 2. The van der Waals surface area contributed by atoms with Crippen molar-refractivity contribution in [1.29, 1.82) is 5.53 Å². The number of halogens is 1. The van der Waals surface area contributed by atoms with Gasteiger partial charge < -0.3 is 9.47 Å². The average molecular weight is 677 g/mol. The SMILES string of the molecule is C/C=C(/C=C(\C)c1cc(F)c(C(C)=O)cc1C)N=N.C=CC.CC.CC(=O)OCC1(C)CC1.CCCC(C)CCC.COCCC(C)C. The first-order valence-corrected chi connectivity index (χ1v) is 17.7. The van der Waals surface area contributed by atoms with Crippen LogP contribution in [0.4, 0.5) is 4.39 Å². The third-order valence-electron chi connectivity index (χ3n) is 7.10. The Labute approximate surface area is 295 Å². The molecule has 0 bridgehead atoms. The van der Waals surface area contributed by atoms with E-state index in [1.165, 1.54) is 64.9 Å². The van der Waals surface area contributed by atoms with Crippen molar-refractivity contribution in [3.8, 4) is 0 Å². The molecule has 0 aliphatic heterocycles. The maximum Gasteiger partial charge on any atom is 0.302 e. The van der Waals surface area contributed by atoms with E-state index in [4.69, 9.17) is 15.0 Å². The minimum atomic E-state index is -0.523. The summed E-state index contributed by atoms with van der Waals surface area (Å²) in [4.78, 5) is 21.6. The lowest BCUT2D eigenvalue weighted by molar-refractivity contribution is -0.142. The zero-order valence-electron chi connectivity index (χ0n) is 33.6. The maximum absolute atomic E-state index is 13.8. The molecule has 0 spiro atoms. The predicted molar refractivity (Wildman–Crippen MR) is 205 cm³/mol. The first kappa shape index (κ1) is 51.9. The number of benzene rings is 1. The number of nitrogens with one attached hydrogen (secondary N) is 1. The third-order valence-corrected chi connectivity index (χ3v) is 7.10. The quantitative estimate of drug-likeness (QED) is 0.0740. The van der Waals surface area contributed by atoms with Gasteiger partial charge >= 0.3 is 5.97 Å². The van der Waals surface area contributed by atoms with Gasteiger partial charge in [0.1, 0.15) is 5.82 Å². The van der Waals surface area contributed by atoms with Gasteiger partial charge in [0.2, 0.25) is 0 Å². The topological polar surface area (TPSA) is 88.8 Å². The zero-order valence-corrected chi connectivity index (χ0v) is 33.6. The molecule has 1 aromatic carbocycles. The number of hydrogen-bond donors (Lipinski definition) is 1. The van der Waals surface area contributed by atoms with Gasteiger partial charge in [0.05, 0.1) is 17.9 Å². The van der Waals surface area contributed by atoms with Crippen LogP contribution in [0.2, 0.25) is 0 Å². The van der Waals surface area contributed by atoms with Crippen LogP contribution in [0.25, 0.3) is 5.57 Å². The molecule has 1 aromatic rings. The highest BCUT2D eigenvalue weighted by molar-refractivity contribution is 5.95. The van der Waals surface area contributed by atoms with E-state index in [9.17, 15) is 14.0 Å². The molecular weight excluding hydrogens is 603 g/mol. The van der Waals surface area contributed by atoms with Crippen molar-refractivity contribution in [2.24, 2.45) is 22.4 Å². The fourth-order valence-electron chi connectivity index (χ4n) is 3.97. The molecule has 1 saturated carbocycles. The summed E-state index contributed by atoms with van der Waals surface area (Å²) in [5.74, 6) is 0.767. The second kappa shape index (κ2) is 32.6. The number of aryl methyl sites for hydroxylation is 1. The van der Waals surface area contributed by atoms with E-state index >= 15 is 0 Å². The minimum Gasteiger partial charge on any atom is -0.465 e. The van der Waals surface area contributed by atoms with Crippen LogP contribution < -0.4 is 0 Å². The number of methoxy groups -OCH3 is 1. The van der Waals surface area contributed by atoms with Gasteiger partial charge in [0.25, 0.3) is 0 Å². The predicted octanol–water partition coefficient (Wildman–Crippen LogP) is 13.1. The molecule has 48 heavy (non-hydrogen) atoms. The van der Waals surface area contributed by atoms with Crippen molar-refractivity contribution in [2.45, 2.75) is 142 Å². The Morgan fingerprint density at radius 3 is 1.83 bits per heavy atom. The van der Waals surface area contributed by atoms with Gasteiger partial charge in [-0.1, -0.05) is 93.2 Å². The summed E-state index contributed by atoms with van der Waals surface area (Å²) in [6, 6.07) is 2.91. The number of ketones is 1. The summed E-state index contributed by atoms with van der Waals surface area (Å²) in [5.41, 5.74) is 10.3. The summed E-state index contributed by atoms with van der Waals surface area (Å²) in [7, 11) is 1.74. The monoisotopic (exact) mass is 677 g/mol. The summed E-state index contributed by atoms with van der Waals surface area (Å²) < 4.78 is 23.5. The Kier molecular flexibility index (Phi) is 35.3. The fraction of sp³-hybridized carbons (Fsp3) is 0.659. The molecule has 0 saturated heterocycles. The van der Waals surface area contributed by atoms with Gasteiger partial charge in [0.15, 0.2) is 5.78 Å². The first-order chi connectivity index (χ1) is 22.5. The van der Waals surface area contributed by atoms with Crippen LogP contribution in [0, 0.1) is 35.5 Å². The van der Waals surface area contributed by atoms with E-state index in [0.717, 1.165) is 29.6 Å². The van der Waals surface area contributed by atoms with E-state index in [1.807, 2.05) is 34.6 Å². The van der Waals surface area contributed by atoms with Gasteiger partial charge in [-0.15, -0.1) is 6.58 Å². The van der Waals surface area contributed by atoms with Crippen molar-refractivity contribution in [2.75, 3.05) is 20.3 Å². The second-order valence-electron chi connectivity index (χ2n) is 12.7. The summed E-state index contributed by atoms with van der Waals surface area (Å²) in [5, 5.41) is 3.36. The lowest BCUT2D eigenvalue weighted by Crippen LogP contribution is -2.09. The molecule has 7 heteroatoms. The summed E-state index contributed by atoms with van der Waals surface area (Å²) >= 11 is 0. The van der Waals surface area contributed by atoms with Crippen LogP contribution in [0.15, 0.2) is 47.8 Å². The maximum atomic E-state index is 13.8. The Balaban J connectivity index is -0.000000280. The highest BCUT2D eigenvalue weighted by Crippen LogP contribution is 2.44. The number of Topliss-reactive ketones (excluding diaryl/α,β-unsaturated/α-hetero) is 1. The molecule has 0 heterocycles. The zero-order chi connectivity index (χ0) is 38.3. The molecule has 278 valence electrons. The number of esters is 1. The molecule has 0 radical (unpaired) electrons. The molecular formula is C41H73FN2O4. The molecule has 1 N–H and O–H groups in total. The Bertz CT molecular complexity index is 1070. The second-order valence-corrected chi connectivity index (χ2v) is 12.7. The van der Waals surface area contributed by atoms with E-state index in [1.54, 1.807) is 38.3 Å². The number of hydrogen-bond acceptors (Lipinski definition) is 6. The Morgan fingerprint density at radius 2 is 1.52 bits per heavy atom. The van der Waals surface area contributed by atoms with Crippen LogP contribution in [0.1, 0.15) is 156 Å². The van der Waals surface area contributed by atoms with Gasteiger partial charge in [-0.2, -0.15) is 5.11 Å². The van der Waals surface area contributed by atoms with Gasteiger partial charge in [-0.3, -0.25) is 9.59 Å². The molecule has 0 atom stereocenters. The largest absolute Gasteiger partial charge is 0.465 e. The van der Waals surface area contributed by atoms with Gasteiger partial charge in [0, 0.05) is 26.1 Å². The van der Waals surface area contributed by atoms with E-state index in [-0.39, 0.29) is 17.3 Å². The summed E-state index contributed by atoms with van der Waals surface area (Å²) in [6.45, 7) is 32.4. The number of nitrogens with zero attached hydrogens (tertiary/aromatic N) is 1. The smallest absolute Gasteiger partial charge is 0.302 e. The lowest BCUT2D eigenvalue weighted by atomic mass is 9.97.